The molecule has 1 unspecified atom stereocenters. The third-order valence-corrected chi connectivity index (χ3v) is 4.94. The van der Waals surface area contributed by atoms with Crippen LogP contribution in [0.2, 0.25) is 0 Å². The van der Waals surface area contributed by atoms with Gasteiger partial charge in [-0.25, -0.2) is 0 Å². The molecular formula is C26H32O3. The zero-order chi connectivity index (χ0) is 20.9. The Bertz CT molecular complexity index is 793. The van der Waals surface area contributed by atoms with E-state index in [1.165, 1.54) is 12.8 Å². The lowest BCUT2D eigenvalue weighted by Gasteiger charge is -2.13. The monoisotopic (exact) mass is 392 g/mol. The molecule has 0 N–H and O–H groups in total. The lowest BCUT2D eigenvalue weighted by Crippen LogP contribution is -2.14. The zero-order valence-electron chi connectivity index (χ0n) is 17.6. The second-order valence-electron chi connectivity index (χ2n) is 7.32. The van der Waals surface area contributed by atoms with Crippen LogP contribution in [-0.2, 0) is 9.53 Å². The van der Waals surface area contributed by atoms with Crippen molar-refractivity contribution >= 4 is 11.8 Å². The highest BCUT2D eigenvalue weighted by Gasteiger charge is 2.18. The lowest BCUT2D eigenvalue weighted by atomic mass is 9.96. The molecule has 0 aliphatic rings. The van der Waals surface area contributed by atoms with Gasteiger partial charge in [-0.2, -0.15) is 0 Å². The molecule has 0 saturated carbocycles. The van der Waals surface area contributed by atoms with E-state index in [0.717, 1.165) is 31.2 Å². The molecule has 0 aromatic heterocycles. The smallest absolute Gasteiger partial charge is 0.313 e. The maximum absolute atomic E-state index is 12.6. The molecule has 3 heteroatoms. The minimum absolute atomic E-state index is 0.0417. The van der Waals surface area contributed by atoms with Gasteiger partial charge < -0.3 is 4.74 Å². The number of rotatable bonds is 12. The molecular weight excluding hydrogens is 360 g/mol. The Balaban J connectivity index is 1.81. The highest BCUT2D eigenvalue weighted by atomic mass is 16.5. The van der Waals surface area contributed by atoms with Crippen molar-refractivity contribution in [2.45, 2.75) is 58.3 Å². The van der Waals surface area contributed by atoms with E-state index in [2.05, 4.69) is 19.1 Å². The highest BCUT2D eigenvalue weighted by molar-refractivity contribution is 6.09. The first-order valence-electron chi connectivity index (χ1n) is 10.6. The average Bonchev–Trinajstić information content (AvgIpc) is 2.77. The Morgan fingerprint density at radius 2 is 1.59 bits per heavy atom. The van der Waals surface area contributed by atoms with Gasteiger partial charge >= 0.3 is 5.97 Å². The van der Waals surface area contributed by atoms with Gasteiger partial charge in [-0.3, -0.25) is 9.59 Å². The maximum atomic E-state index is 12.6. The van der Waals surface area contributed by atoms with Crippen molar-refractivity contribution < 1.29 is 14.3 Å². The van der Waals surface area contributed by atoms with Gasteiger partial charge in [0.05, 0.1) is 12.5 Å². The number of esters is 1. The number of hydrogen-bond acceptors (Lipinski definition) is 3. The Labute approximate surface area is 174 Å². The molecule has 3 nitrogen and oxygen atoms in total. The summed E-state index contributed by atoms with van der Waals surface area (Å²) < 4.78 is 5.44. The number of carbonyl (C=O) groups is 2. The minimum Gasteiger partial charge on any atom is -0.465 e. The van der Waals surface area contributed by atoms with Gasteiger partial charge in [0.25, 0.3) is 0 Å². The molecule has 0 aliphatic carbocycles. The van der Waals surface area contributed by atoms with E-state index in [-0.39, 0.29) is 11.8 Å². The van der Waals surface area contributed by atoms with E-state index < -0.39 is 5.92 Å². The van der Waals surface area contributed by atoms with Crippen LogP contribution in [0.5, 0.6) is 0 Å². The minimum atomic E-state index is -0.396. The van der Waals surface area contributed by atoms with Crippen molar-refractivity contribution in [3.05, 3.63) is 83.4 Å². The number of allylic oxidation sites excluding steroid dienone is 2. The van der Waals surface area contributed by atoms with Crippen LogP contribution in [-0.4, -0.2) is 18.4 Å². The number of ketones is 1. The quantitative estimate of drug-likeness (QED) is 0.180. The summed E-state index contributed by atoms with van der Waals surface area (Å²) in [5.41, 5.74) is 2.03. The van der Waals surface area contributed by atoms with Crippen LogP contribution in [0, 0.1) is 0 Å². The normalized spacial score (nSPS) is 12.1. The summed E-state index contributed by atoms with van der Waals surface area (Å²) in [6.07, 6.45) is 11.0. The van der Waals surface area contributed by atoms with E-state index in [9.17, 15) is 9.59 Å². The number of carbonyl (C=O) groups excluding carboxylic acids is 2. The molecule has 0 spiro atoms. The van der Waals surface area contributed by atoms with Crippen LogP contribution >= 0.6 is 0 Å². The van der Waals surface area contributed by atoms with Gasteiger partial charge in [0.15, 0.2) is 5.78 Å². The first-order valence-corrected chi connectivity index (χ1v) is 10.6. The molecule has 29 heavy (non-hydrogen) atoms. The van der Waals surface area contributed by atoms with Crippen molar-refractivity contribution in [2.75, 3.05) is 6.61 Å². The van der Waals surface area contributed by atoms with Crippen LogP contribution < -0.4 is 0 Å². The molecule has 2 aromatic carbocycles. The number of hydrogen-bond donors (Lipinski definition) is 0. The Hall–Kier alpha value is -2.68. The van der Waals surface area contributed by atoms with Crippen LogP contribution in [0.3, 0.4) is 0 Å². The van der Waals surface area contributed by atoms with Gasteiger partial charge in [0.2, 0.25) is 0 Å². The Morgan fingerprint density at radius 3 is 2.31 bits per heavy atom. The van der Waals surface area contributed by atoms with Crippen molar-refractivity contribution in [1.29, 1.82) is 0 Å². The second-order valence-corrected chi connectivity index (χ2v) is 7.32. The molecule has 0 aliphatic heterocycles. The van der Waals surface area contributed by atoms with Gasteiger partial charge in [-0.05, 0) is 44.2 Å². The zero-order valence-corrected chi connectivity index (χ0v) is 17.6. The Morgan fingerprint density at radius 1 is 0.897 bits per heavy atom. The van der Waals surface area contributed by atoms with Crippen LogP contribution in [0.15, 0.2) is 66.7 Å². The SMILES string of the molecule is CCCCC=CCCCCOC(=O)C(C)c1cccc(C(=O)c2ccccc2)c1. The summed E-state index contributed by atoms with van der Waals surface area (Å²) in [5, 5.41) is 0. The molecule has 0 saturated heterocycles. The molecule has 2 aromatic rings. The molecule has 0 heterocycles. The standard InChI is InChI=1S/C26H32O3/c1-3-4-5-6-7-8-9-13-19-29-26(28)21(2)23-17-14-18-24(20-23)25(27)22-15-11-10-12-16-22/h6-7,10-12,14-18,20-21H,3-5,8-9,13,19H2,1-2H3. The molecule has 2 rings (SSSR count). The first kappa shape index (κ1) is 22.6. The fourth-order valence-electron chi connectivity index (χ4n) is 3.06. The highest BCUT2D eigenvalue weighted by Crippen LogP contribution is 2.20. The predicted octanol–water partition coefficient (Wildman–Crippen LogP) is 6.48. The van der Waals surface area contributed by atoms with Crippen molar-refractivity contribution in [3.8, 4) is 0 Å². The number of ether oxygens (including phenoxy) is 1. The number of unbranched alkanes of at least 4 members (excludes halogenated alkanes) is 4. The summed E-state index contributed by atoms with van der Waals surface area (Å²) in [6, 6.07) is 16.4. The maximum Gasteiger partial charge on any atom is 0.313 e. The molecule has 0 radical (unpaired) electrons. The van der Waals surface area contributed by atoms with Crippen molar-refractivity contribution in [2.24, 2.45) is 0 Å². The second kappa shape index (κ2) is 12.7. The van der Waals surface area contributed by atoms with Gasteiger partial charge in [-0.15, -0.1) is 0 Å². The van der Waals surface area contributed by atoms with Crippen LogP contribution in [0.1, 0.15) is 79.8 Å². The summed E-state index contributed by atoms with van der Waals surface area (Å²) in [7, 11) is 0. The summed E-state index contributed by atoms with van der Waals surface area (Å²) in [5.74, 6) is -0.680. The molecule has 0 fully saturated rings. The lowest BCUT2D eigenvalue weighted by molar-refractivity contribution is -0.145. The molecule has 0 amide bonds. The van der Waals surface area contributed by atoms with Crippen molar-refractivity contribution in [3.63, 3.8) is 0 Å². The first-order chi connectivity index (χ1) is 14.1. The van der Waals surface area contributed by atoms with E-state index in [1.807, 2.05) is 37.3 Å². The summed E-state index contributed by atoms with van der Waals surface area (Å²) in [4.78, 5) is 25.0. The van der Waals surface area contributed by atoms with E-state index >= 15 is 0 Å². The van der Waals surface area contributed by atoms with Crippen LogP contribution in [0.25, 0.3) is 0 Å². The van der Waals surface area contributed by atoms with Crippen LogP contribution in [0.4, 0.5) is 0 Å². The third kappa shape index (κ3) is 7.69. The summed E-state index contributed by atoms with van der Waals surface area (Å²) >= 11 is 0. The topological polar surface area (TPSA) is 43.4 Å². The fraction of sp³-hybridized carbons (Fsp3) is 0.385. The van der Waals surface area contributed by atoms with E-state index in [0.29, 0.717) is 17.7 Å². The molecule has 0 bridgehead atoms. The number of benzene rings is 2. The van der Waals surface area contributed by atoms with E-state index in [1.54, 1.807) is 24.3 Å². The van der Waals surface area contributed by atoms with E-state index in [4.69, 9.17) is 4.74 Å². The third-order valence-electron chi connectivity index (χ3n) is 4.94. The average molecular weight is 393 g/mol. The predicted molar refractivity (Wildman–Crippen MR) is 118 cm³/mol. The largest absolute Gasteiger partial charge is 0.465 e. The molecule has 154 valence electrons. The van der Waals surface area contributed by atoms with Crippen molar-refractivity contribution in [1.82, 2.24) is 0 Å². The Kier molecular flexibility index (Phi) is 9.91. The fourth-order valence-corrected chi connectivity index (χ4v) is 3.06. The van der Waals surface area contributed by atoms with Gasteiger partial charge in [0.1, 0.15) is 0 Å². The molecule has 1 atom stereocenters. The van der Waals surface area contributed by atoms with Gasteiger partial charge in [0, 0.05) is 11.1 Å². The summed E-state index contributed by atoms with van der Waals surface area (Å²) in [6.45, 7) is 4.46. The van der Waals surface area contributed by atoms with Gasteiger partial charge in [-0.1, -0.05) is 80.4 Å².